The van der Waals surface area contributed by atoms with Crippen molar-refractivity contribution in [2.75, 3.05) is 0 Å². The van der Waals surface area contributed by atoms with Gasteiger partial charge in [-0.2, -0.15) is 59.7 Å². The molecule has 2 aliphatic carbocycles. The predicted octanol–water partition coefficient (Wildman–Crippen LogP) is 9.16. The standard InChI is InChI=1S/2C13H9.2C7H5FO2.Ti/c2*1-3-7-12-10(5-1)9-11-6-2-4-8-13(11)12;2*8-6-3-1-5(2-4-6)7(9)10;/h2*1-5,7-8H,9H2;2*1-4H,(H,9,10);/q2*-1;;;+2. The summed E-state index contributed by atoms with van der Waals surface area (Å²) in [6, 6.07) is 45.6. The van der Waals surface area contributed by atoms with Gasteiger partial charge in [0, 0.05) is 0 Å². The van der Waals surface area contributed by atoms with Gasteiger partial charge in [0.15, 0.2) is 0 Å². The van der Waals surface area contributed by atoms with E-state index in [0.717, 1.165) is 37.1 Å². The van der Waals surface area contributed by atoms with E-state index in [0.29, 0.717) is 0 Å². The van der Waals surface area contributed by atoms with Crippen molar-refractivity contribution in [2.45, 2.75) is 12.8 Å². The first-order valence-electron chi connectivity index (χ1n) is 14.4. The van der Waals surface area contributed by atoms with Gasteiger partial charge < -0.3 is 10.2 Å². The molecule has 7 heteroatoms. The van der Waals surface area contributed by atoms with Crippen LogP contribution in [0.25, 0.3) is 22.3 Å². The molecule has 0 atom stereocenters. The van der Waals surface area contributed by atoms with Gasteiger partial charge in [0.1, 0.15) is 11.6 Å². The quantitative estimate of drug-likeness (QED) is 0.144. The Morgan fingerprint density at radius 2 is 0.830 bits per heavy atom. The first-order chi connectivity index (χ1) is 22.3. The Morgan fingerprint density at radius 3 is 1.19 bits per heavy atom. The van der Waals surface area contributed by atoms with Crippen LogP contribution in [0.5, 0.6) is 0 Å². The van der Waals surface area contributed by atoms with E-state index in [1.54, 1.807) is 0 Å². The van der Waals surface area contributed by atoms with Crippen molar-refractivity contribution in [1.29, 1.82) is 0 Å². The van der Waals surface area contributed by atoms with Crippen LogP contribution >= 0.6 is 0 Å². The van der Waals surface area contributed by atoms with Crippen LogP contribution in [0, 0.1) is 23.8 Å². The number of carboxylic acids is 2. The maximum absolute atomic E-state index is 12.2. The minimum atomic E-state index is -1.04. The minimum absolute atomic E-state index is 0. The monoisotopic (exact) mass is 658 g/mol. The maximum atomic E-state index is 12.2. The van der Waals surface area contributed by atoms with Crippen molar-refractivity contribution >= 4 is 11.9 Å². The smallest absolute Gasteiger partial charge is 0.478 e. The van der Waals surface area contributed by atoms with Gasteiger partial charge in [-0.25, -0.2) is 18.4 Å². The first kappa shape index (κ1) is 34.7. The second kappa shape index (κ2) is 16.4. The van der Waals surface area contributed by atoms with E-state index >= 15 is 0 Å². The van der Waals surface area contributed by atoms with Crippen LogP contribution in [0.4, 0.5) is 8.78 Å². The molecule has 0 spiro atoms. The molecule has 0 saturated carbocycles. The molecule has 0 aliphatic heterocycles. The van der Waals surface area contributed by atoms with E-state index < -0.39 is 23.6 Å². The molecule has 2 aliphatic rings. The van der Waals surface area contributed by atoms with E-state index in [4.69, 9.17) is 10.2 Å². The average Bonchev–Trinajstić information content (AvgIpc) is 3.65. The van der Waals surface area contributed by atoms with Gasteiger partial charge in [0.25, 0.3) is 0 Å². The molecule has 0 aromatic heterocycles. The molecule has 230 valence electrons. The molecule has 4 nitrogen and oxygen atoms in total. The Morgan fingerprint density at radius 1 is 0.489 bits per heavy atom. The van der Waals surface area contributed by atoms with Crippen LogP contribution in [-0.2, 0) is 34.6 Å². The van der Waals surface area contributed by atoms with Gasteiger partial charge in [-0.15, -0.1) is 11.1 Å². The second-order valence-electron chi connectivity index (χ2n) is 10.4. The van der Waals surface area contributed by atoms with Gasteiger partial charge in [0.2, 0.25) is 0 Å². The van der Waals surface area contributed by atoms with Crippen molar-refractivity contribution in [3.8, 4) is 22.3 Å². The molecule has 2 N–H and O–H groups in total. The molecule has 0 saturated heterocycles. The Kier molecular flexibility index (Phi) is 12.1. The van der Waals surface area contributed by atoms with Crippen molar-refractivity contribution in [2.24, 2.45) is 0 Å². The molecule has 0 heterocycles. The Hall–Kier alpha value is -5.17. The molecule has 0 fully saturated rings. The molecule has 8 rings (SSSR count). The van der Waals surface area contributed by atoms with E-state index in [2.05, 4.69) is 84.9 Å². The maximum Gasteiger partial charge on any atom is 2.00 e. The summed E-state index contributed by atoms with van der Waals surface area (Å²) in [6.45, 7) is 0. The number of benzene rings is 6. The summed E-state index contributed by atoms with van der Waals surface area (Å²) in [4.78, 5) is 20.4. The van der Waals surface area contributed by atoms with E-state index in [1.807, 2.05) is 12.1 Å². The Labute approximate surface area is 286 Å². The Balaban J connectivity index is 0.000000142. The van der Waals surface area contributed by atoms with Crippen LogP contribution in [0.15, 0.2) is 133 Å². The number of hydrogen-bond acceptors (Lipinski definition) is 2. The van der Waals surface area contributed by atoms with Crippen molar-refractivity contribution in [3.05, 3.63) is 191 Å². The zero-order valence-electron chi connectivity index (χ0n) is 25.1. The zero-order valence-corrected chi connectivity index (χ0v) is 26.6. The van der Waals surface area contributed by atoms with Crippen LogP contribution in [0.3, 0.4) is 0 Å². The molecule has 6 aromatic rings. The topological polar surface area (TPSA) is 74.6 Å². The van der Waals surface area contributed by atoms with Crippen LogP contribution in [-0.4, -0.2) is 22.2 Å². The fourth-order valence-corrected chi connectivity index (χ4v) is 5.18. The SMILES string of the molecule is O=C(O)c1ccc(F)cc1.O=C(O)c1ccc(F)cc1.[Ti+2].[c-]1cccc2c1Cc1ccccc1-2.[c-]1cccc2c1Cc1ccccc1-2. The molecule has 0 unspecified atom stereocenters. The number of aromatic carboxylic acids is 2. The average molecular weight is 659 g/mol. The van der Waals surface area contributed by atoms with Crippen LogP contribution < -0.4 is 0 Å². The van der Waals surface area contributed by atoms with Crippen molar-refractivity contribution < 1.29 is 50.3 Å². The second-order valence-corrected chi connectivity index (χ2v) is 10.4. The fourth-order valence-electron chi connectivity index (χ4n) is 5.18. The number of halogens is 2. The summed E-state index contributed by atoms with van der Waals surface area (Å²) >= 11 is 0. The largest absolute Gasteiger partial charge is 2.00 e. The molecule has 6 aromatic carbocycles. The summed E-state index contributed by atoms with van der Waals surface area (Å²) in [6.07, 6.45) is 2.10. The fraction of sp³-hybridized carbons (Fsp3) is 0.0500. The summed E-state index contributed by atoms with van der Waals surface area (Å²) < 4.78 is 24.3. The first-order valence-corrected chi connectivity index (χ1v) is 14.4. The zero-order chi connectivity index (χ0) is 32.5. The third-order valence-electron chi connectivity index (χ3n) is 7.42. The number of rotatable bonds is 2. The summed E-state index contributed by atoms with van der Waals surface area (Å²) in [5.74, 6) is -2.94. The third kappa shape index (κ3) is 8.98. The van der Waals surface area contributed by atoms with Gasteiger partial charge in [-0.05, 0) is 61.4 Å². The normalized spacial score (nSPS) is 10.8. The third-order valence-corrected chi connectivity index (χ3v) is 7.42. The summed E-state index contributed by atoms with van der Waals surface area (Å²) in [7, 11) is 0. The molecule has 0 amide bonds. The minimum Gasteiger partial charge on any atom is -0.478 e. The van der Waals surface area contributed by atoms with Gasteiger partial charge >= 0.3 is 33.7 Å². The molecular weight excluding hydrogens is 630 g/mol. The predicted molar refractivity (Wildman–Crippen MR) is 174 cm³/mol. The molecule has 47 heavy (non-hydrogen) atoms. The van der Waals surface area contributed by atoms with Crippen molar-refractivity contribution in [3.63, 3.8) is 0 Å². The molecular formula is C40H28F2O4Ti. The Bertz CT molecular complexity index is 1740. The van der Waals surface area contributed by atoms with E-state index in [-0.39, 0.29) is 32.8 Å². The number of fused-ring (bicyclic) bond motifs is 6. The van der Waals surface area contributed by atoms with Crippen LogP contribution in [0.2, 0.25) is 0 Å². The summed E-state index contributed by atoms with van der Waals surface area (Å²) in [5.41, 5.74) is 11.2. The molecule has 0 radical (unpaired) electrons. The van der Waals surface area contributed by atoms with Crippen LogP contribution in [0.1, 0.15) is 43.0 Å². The van der Waals surface area contributed by atoms with Crippen molar-refractivity contribution in [1.82, 2.24) is 0 Å². The van der Waals surface area contributed by atoms with Gasteiger partial charge in [-0.3, -0.25) is 0 Å². The number of carbonyl (C=O) groups is 2. The van der Waals surface area contributed by atoms with Gasteiger partial charge in [-0.1, -0.05) is 70.8 Å². The number of carboxylic acid groups (broad SMARTS) is 2. The summed E-state index contributed by atoms with van der Waals surface area (Å²) in [5, 5.41) is 16.7. The van der Waals surface area contributed by atoms with E-state index in [9.17, 15) is 18.4 Å². The van der Waals surface area contributed by atoms with E-state index in [1.165, 1.54) is 68.8 Å². The molecule has 0 bridgehead atoms. The number of hydrogen-bond donors (Lipinski definition) is 2. The van der Waals surface area contributed by atoms with Gasteiger partial charge in [0.05, 0.1) is 11.1 Å².